The van der Waals surface area contributed by atoms with Crippen LogP contribution in [0.1, 0.15) is 23.5 Å². The lowest BCUT2D eigenvalue weighted by Crippen LogP contribution is -2.43. The summed E-state index contributed by atoms with van der Waals surface area (Å²) in [5, 5.41) is 9.20. The predicted octanol–water partition coefficient (Wildman–Crippen LogP) is 2.97. The summed E-state index contributed by atoms with van der Waals surface area (Å²) in [4.78, 5) is 37.5. The Morgan fingerprint density at radius 2 is 1.81 bits per heavy atom. The van der Waals surface area contributed by atoms with Crippen LogP contribution >= 0.6 is 0 Å². The number of cyclic esters (lactones) is 1. The second-order valence-electron chi connectivity index (χ2n) is 6.33. The molecular formula is C20H18FNO5. The number of rotatable bonds is 6. The van der Waals surface area contributed by atoms with E-state index in [9.17, 15) is 23.9 Å². The first-order valence-corrected chi connectivity index (χ1v) is 8.46. The van der Waals surface area contributed by atoms with Crippen LogP contribution in [0.3, 0.4) is 0 Å². The first-order chi connectivity index (χ1) is 13.0. The van der Waals surface area contributed by atoms with Gasteiger partial charge in [0.25, 0.3) is 0 Å². The lowest BCUT2D eigenvalue weighted by molar-refractivity contribution is -0.141. The van der Waals surface area contributed by atoms with Crippen molar-refractivity contribution < 1.29 is 28.6 Å². The van der Waals surface area contributed by atoms with Gasteiger partial charge in [0.15, 0.2) is 0 Å². The normalized spacial score (nSPS) is 17.4. The molecule has 0 bridgehead atoms. The molecule has 1 heterocycles. The second kappa shape index (κ2) is 7.99. The monoisotopic (exact) mass is 371 g/mol. The number of halogens is 1. The van der Waals surface area contributed by atoms with Crippen molar-refractivity contribution in [2.24, 2.45) is 0 Å². The smallest absolute Gasteiger partial charge is 0.417 e. The van der Waals surface area contributed by atoms with Crippen LogP contribution in [0.4, 0.5) is 9.18 Å². The largest absolute Gasteiger partial charge is 0.481 e. The number of carbonyl (C=O) groups excluding carboxylic acids is 2. The molecule has 0 spiro atoms. The third-order valence-electron chi connectivity index (χ3n) is 4.46. The minimum absolute atomic E-state index is 0.0443. The molecule has 1 N–H and O–H groups in total. The molecule has 27 heavy (non-hydrogen) atoms. The maximum absolute atomic E-state index is 13.2. The van der Waals surface area contributed by atoms with E-state index in [1.807, 2.05) is 30.3 Å². The molecule has 0 unspecified atom stereocenters. The molecular weight excluding hydrogens is 353 g/mol. The van der Waals surface area contributed by atoms with Crippen molar-refractivity contribution in [1.29, 1.82) is 0 Å². The number of carboxylic acid groups (broad SMARTS) is 1. The summed E-state index contributed by atoms with van der Waals surface area (Å²) in [5.41, 5.74) is 1.26. The average Bonchev–Trinajstić information content (AvgIpc) is 3.01. The third kappa shape index (κ3) is 4.31. The number of hydrogen-bond donors (Lipinski definition) is 1. The van der Waals surface area contributed by atoms with E-state index in [0.717, 1.165) is 22.6 Å². The van der Waals surface area contributed by atoms with Crippen molar-refractivity contribution in [3.8, 4) is 0 Å². The molecule has 6 nitrogen and oxygen atoms in total. The summed E-state index contributed by atoms with van der Waals surface area (Å²) in [7, 11) is 0. The lowest BCUT2D eigenvalue weighted by atomic mass is 9.93. The first-order valence-electron chi connectivity index (χ1n) is 8.46. The van der Waals surface area contributed by atoms with Gasteiger partial charge in [-0.15, -0.1) is 0 Å². The Kier molecular flexibility index (Phi) is 5.49. The number of nitrogens with zero attached hydrogens (tertiary/aromatic N) is 1. The number of aliphatic carboxylic acids is 1. The highest BCUT2D eigenvalue weighted by atomic mass is 19.1. The summed E-state index contributed by atoms with van der Waals surface area (Å²) in [6.07, 6.45) is -0.896. The summed E-state index contributed by atoms with van der Waals surface area (Å²) in [6, 6.07) is 13.8. The number of hydrogen-bond acceptors (Lipinski definition) is 4. The third-order valence-corrected chi connectivity index (χ3v) is 4.46. The lowest BCUT2D eigenvalue weighted by Gasteiger charge is -2.24. The van der Waals surface area contributed by atoms with Crippen LogP contribution in [-0.2, 0) is 20.7 Å². The van der Waals surface area contributed by atoms with E-state index >= 15 is 0 Å². The topological polar surface area (TPSA) is 83.9 Å². The van der Waals surface area contributed by atoms with Gasteiger partial charge in [-0.05, 0) is 29.7 Å². The molecule has 1 saturated heterocycles. The van der Waals surface area contributed by atoms with Gasteiger partial charge in [-0.3, -0.25) is 9.59 Å². The van der Waals surface area contributed by atoms with E-state index in [2.05, 4.69) is 0 Å². The van der Waals surface area contributed by atoms with Gasteiger partial charge in [0.05, 0.1) is 18.4 Å². The number of carbonyl (C=O) groups is 3. The van der Waals surface area contributed by atoms with Crippen LogP contribution in [0.25, 0.3) is 0 Å². The van der Waals surface area contributed by atoms with Gasteiger partial charge < -0.3 is 9.84 Å². The molecule has 3 rings (SSSR count). The number of benzene rings is 2. The van der Waals surface area contributed by atoms with E-state index < -0.39 is 42.2 Å². The molecule has 1 aliphatic rings. The maximum Gasteiger partial charge on any atom is 0.417 e. The summed E-state index contributed by atoms with van der Waals surface area (Å²) < 4.78 is 18.2. The second-order valence-corrected chi connectivity index (χ2v) is 6.33. The van der Waals surface area contributed by atoms with Crippen molar-refractivity contribution >= 4 is 18.0 Å². The van der Waals surface area contributed by atoms with Crippen LogP contribution in [0.15, 0.2) is 54.6 Å². The molecule has 7 heteroatoms. The molecule has 140 valence electrons. The zero-order valence-corrected chi connectivity index (χ0v) is 14.4. The highest BCUT2D eigenvalue weighted by Gasteiger charge is 2.41. The molecule has 1 fully saturated rings. The Morgan fingerprint density at radius 3 is 2.44 bits per heavy atom. The number of imide groups is 1. The Hall–Kier alpha value is -3.22. The molecule has 2 aromatic rings. The molecule has 0 aliphatic carbocycles. The molecule has 0 saturated carbocycles. The van der Waals surface area contributed by atoms with Crippen LogP contribution in [0.2, 0.25) is 0 Å². The van der Waals surface area contributed by atoms with Gasteiger partial charge in [-0.25, -0.2) is 14.1 Å². The van der Waals surface area contributed by atoms with Crippen molar-refractivity contribution in [1.82, 2.24) is 4.90 Å². The van der Waals surface area contributed by atoms with E-state index in [-0.39, 0.29) is 6.61 Å². The van der Waals surface area contributed by atoms with Gasteiger partial charge in [0.1, 0.15) is 12.4 Å². The van der Waals surface area contributed by atoms with E-state index in [4.69, 9.17) is 4.74 Å². The Labute approximate surface area is 155 Å². The fourth-order valence-electron chi connectivity index (χ4n) is 3.15. The Bertz CT molecular complexity index is 837. The average molecular weight is 371 g/mol. The number of ether oxygens (including phenoxy) is 1. The fourth-order valence-corrected chi connectivity index (χ4v) is 3.15. The number of amides is 2. The Morgan fingerprint density at radius 1 is 1.15 bits per heavy atom. The molecule has 2 aromatic carbocycles. The SMILES string of the molecule is O=C(O)C[C@@H](C(=O)N1C(=O)OC[C@H]1Cc1ccccc1)c1ccc(F)cc1. The predicted molar refractivity (Wildman–Crippen MR) is 93.5 cm³/mol. The first kappa shape index (κ1) is 18.6. The zero-order valence-electron chi connectivity index (χ0n) is 14.4. The van der Waals surface area contributed by atoms with Crippen molar-refractivity contribution in [3.63, 3.8) is 0 Å². The zero-order chi connectivity index (χ0) is 19.4. The minimum Gasteiger partial charge on any atom is -0.481 e. The van der Waals surface area contributed by atoms with Crippen LogP contribution in [-0.4, -0.2) is 40.6 Å². The van der Waals surface area contributed by atoms with Crippen molar-refractivity contribution in [3.05, 3.63) is 71.5 Å². The highest BCUT2D eigenvalue weighted by Crippen LogP contribution is 2.27. The van der Waals surface area contributed by atoms with Gasteiger partial charge in [0.2, 0.25) is 5.91 Å². The quantitative estimate of drug-likeness (QED) is 0.844. The van der Waals surface area contributed by atoms with E-state index in [1.54, 1.807) is 0 Å². The van der Waals surface area contributed by atoms with Crippen LogP contribution < -0.4 is 0 Å². The number of carboxylic acids is 1. The molecule has 2 atom stereocenters. The highest BCUT2D eigenvalue weighted by molar-refractivity contribution is 5.98. The van der Waals surface area contributed by atoms with Gasteiger partial charge in [0, 0.05) is 0 Å². The molecule has 0 radical (unpaired) electrons. The van der Waals surface area contributed by atoms with Crippen molar-refractivity contribution in [2.75, 3.05) is 6.61 Å². The van der Waals surface area contributed by atoms with Crippen LogP contribution in [0.5, 0.6) is 0 Å². The maximum atomic E-state index is 13.2. The molecule has 0 aromatic heterocycles. The van der Waals surface area contributed by atoms with Gasteiger partial charge >= 0.3 is 12.1 Å². The molecule has 2 amide bonds. The standard InChI is InChI=1S/C20H18FNO5/c21-15-8-6-14(7-9-15)17(11-18(23)24)19(25)22-16(12-27-20(22)26)10-13-4-2-1-3-5-13/h1-9,16-17H,10-12H2,(H,23,24)/t16-,17-/m1/s1. The summed E-state index contributed by atoms with van der Waals surface area (Å²) in [5.74, 6) is -3.45. The summed E-state index contributed by atoms with van der Waals surface area (Å²) in [6.45, 7) is 0.0443. The van der Waals surface area contributed by atoms with E-state index in [0.29, 0.717) is 12.0 Å². The summed E-state index contributed by atoms with van der Waals surface area (Å²) >= 11 is 0. The minimum atomic E-state index is -1.19. The van der Waals surface area contributed by atoms with Crippen molar-refractivity contribution in [2.45, 2.75) is 24.8 Å². The Balaban J connectivity index is 1.87. The van der Waals surface area contributed by atoms with Gasteiger partial charge in [-0.1, -0.05) is 42.5 Å². The van der Waals surface area contributed by atoms with Gasteiger partial charge in [-0.2, -0.15) is 0 Å². The van der Waals surface area contributed by atoms with Crippen LogP contribution in [0, 0.1) is 5.82 Å². The van der Waals surface area contributed by atoms with E-state index in [1.165, 1.54) is 12.1 Å². The fraction of sp³-hybridized carbons (Fsp3) is 0.250. The molecule has 1 aliphatic heterocycles.